The van der Waals surface area contributed by atoms with Crippen molar-refractivity contribution >= 4 is 0 Å². The molecule has 0 spiro atoms. The fourth-order valence-corrected chi connectivity index (χ4v) is 3.15. The summed E-state index contributed by atoms with van der Waals surface area (Å²) in [6.07, 6.45) is 7.71. The van der Waals surface area contributed by atoms with Crippen molar-refractivity contribution in [3.8, 4) is 0 Å². The average molecular weight is 225 g/mol. The maximum Gasteiger partial charge on any atom is 0.0229 e. The molecule has 1 unspecified atom stereocenters. The topological polar surface area (TPSA) is 32.5 Å². The van der Waals surface area contributed by atoms with E-state index in [1.54, 1.807) is 0 Å². The highest BCUT2D eigenvalue weighted by atomic mass is 15.2. The third-order valence-corrected chi connectivity index (χ3v) is 4.50. The van der Waals surface area contributed by atoms with Gasteiger partial charge in [0.2, 0.25) is 0 Å². The maximum absolute atomic E-state index is 6.39. The molecule has 0 amide bonds. The standard InChI is InChI=1S/C13H27N3/c1-15(2)12-5-9-16(11-12)10-8-13(14)6-3-4-7-13/h12H,3-11,14H2,1-2H3. The van der Waals surface area contributed by atoms with E-state index in [4.69, 9.17) is 5.73 Å². The van der Waals surface area contributed by atoms with E-state index in [1.165, 1.54) is 58.2 Å². The van der Waals surface area contributed by atoms with Gasteiger partial charge in [-0.15, -0.1) is 0 Å². The van der Waals surface area contributed by atoms with Crippen LogP contribution >= 0.6 is 0 Å². The molecule has 2 rings (SSSR count). The summed E-state index contributed by atoms with van der Waals surface area (Å²) in [6, 6.07) is 0.761. The Labute approximate surface area is 100.0 Å². The number of rotatable bonds is 4. The van der Waals surface area contributed by atoms with Gasteiger partial charge in [0.05, 0.1) is 0 Å². The molecule has 2 aliphatic rings. The zero-order valence-corrected chi connectivity index (χ0v) is 10.9. The van der Waals surface area contributed by atoms with Crippen molar-refractivity contribution in [1.82, 2.24) is 9.80 Å². The van der Waals surface area contributed by atoms with Crippen LogP contribution in [-0.4, -0.2) is 55.1 Å². The van der Waals surface area contributed by atoms with Gasteiger partial charge < -0.3 is 15.5 Å². The quantitative estimate of drug-likeness (QED) is 0.782. The highest BCUT2D eigenvalue weighted by molar-refractivity contribution is 4.91. The molecule has 1 aliphatic heterocycles. The summed E-state index contributed by atoms with van der Waals surface area (Å²) in [6.45, 7) is 3.71. The molecule has 1 saturated heterocycles. The Morgan fingerprint density at radius 3 is 2.56 bits per heavy atom. The molecule has 1 heterocycles. The monoisotopic (exact) mass is 225 g/mol. The van der Waals surface area contributed by atoms with Gasteiger partial charge in [0.15, 0.2) is 0 Å². The van der Waals surface area contributed by atoms with E-state index in [1.807, 2.05) is 0 Å². The van der Waals surface area contributed by atoms with Crippen LogP contribution < -0.4 is 5.73 Å². The van der Waals surface area contributed by atoms with Crippen LogP contribution in [0.25, 0.3) is 0 Å². The molecule has 2 N–H and O–H groups in total. The first-order valence-electron chi connectivity index (χ1n) is 6.77. The van der Waals surface area contributed by atoms with E-state index in [9.17, 15) is 0 Å². The third-order valence-electron chi connectivity index (χ3n) is 4.50. The van der Waals surface area contributed by atoms with Gasteiger partial charge in [-0.25, -0.2) is 0 Å². The fourth-order valence-electron chi connectivity index (χ4n) is 3.15. The minimum Gasteiger partial charge on any atom is -0.325 e. The minimum atomic E-state index is 0.177. The molecular weight excluding hydrogens is 198 g/mol. The molecule has 0 bridgehead atoms. The van der Waals surface area contributed by atoms with E-state index in [-0.39, 0.29) is 5.54 Å². The number of nitrogens with two attached hydrogens (primary N) is 1. The lowest BCUT2D eigenvalue weighted by molar-refractivity contribution is 0.247. The summed E-state index contributed by atoms with van der Waals surface area (Å²) in [5, 5.41) is 0. The lowest BCUT2D eigenvalue weighted by Gasteiger charge is -2.27. The number of hydrogen-bond donors (Lipinski definition) is 1. The Morgan fingerprint density at radius 2 is 2.00 bits per heavy atom. The van der Waals surface area contributed by atoms with Crippen LogP contribution in [0.4, 0.5) is 0 Å². The first-order valence-corrected chi connectivity index (χ1v) is 6.77. The first-order chi connectivity index (χ1) is 7.59. The van der Waals surface area contributed by atoms with E-state index < -0.39 is 0 Å². The van der Waals surface area contributed by atoms with Crippen molar-refractivity contribution in [1.29, 1.82) is 0 Å². The van der Waals surface area contributed by atoms with Gasteiger partial charge in [-0.2, -0.15) is 0 Å². The average Bonchev–Trinajstić information content (AvgIpc) is 2.84. The molecule has 94 valence electrons. The molecule has 0 aromatic rings. The van der Waals surface area contributed by atoms with E-state index in [2.05, 4.69) is 23.9 Å². The van der Waals surface area contributed by atoms with Gasteiger partial charge in [-0.1, -0.05) is 12.8 Å². The van der Waals surface area contributed by atoms with Crippen molar-refractivity contribution in [3.05, 3.63) is 0 Å². The molecule has 1 aliphatic carbocycles. The second kappa shape index (κ2) is 5.03. The Bertz CT molecular complexity index is 221. The smallest absolute Gasteiger partial charge is 0.0229 e. The summed E-state index contributed by atoms with van der Waals surface area (Å²) in [7, 11) is 4.38. The number of likely N-dealkylation sites (N-methyl/N-ethyl adjacent to an activating group) is 1. The normalized spacial score (nSPS) is 30.4. The molecule has 3 heteroatoms. The summed E-state index contributed by atoms with van der Waals surface area (Å²) in [4.78, 5) is 4.95. The van der Waals surface area contributed by atoms with Crippen LogP contribution in [0.15, 0.2) is 0 Å². The highest BCUT2D eigenvalue weighted by Gasteiger charge is 2.31. The zero-order chi connectivity index (χ0) is 11.6. The largest absolute Gasteiger partial charge is 0.325 e. The zero-order valence-electron chi connectivity index (χ0n) is 10.9. The van der Waals surface area contributed by atoms with Crippen molar-refractivity contribution < 1.29 is 0 Å². The first kappa shape index (κ1) is 12.3. The summed E-state index contributed by atoms with van der Waals surface area (Å²) in [5.74, 6) is 0. The third kappa shape index (κ3) is 2.96. The predicted octanol–water partition coefficient (Wildman–Crippen LogP) is 1.28. The summed E-state index contributed by atoms with van der Waals surface area (Å²) >= 11 is 0. The van der Waals surface area contributed by atoms with Crippen LogP contribution in [0.3, 0.4) is 0 Å². The second-order valence-electron chi connectivity index (χ2n) is 6.03. The Morgan fingerprint density at radius 1 is 1.31 bits per heavy atom. The summed E-state index contributed by atoms with van der Waals surface area (Å²) < 4.78 is 0. The van der Waals surface area contributed by atoms with Gasteiger partial charge in [0.25, 0.3) is 0 Å². The van der Waals surface area contributed by atoms with Crippen molar-refractivity contribution in [3.63, 3.8) is 0 Å². The van der Waals surface area contributed by atoms with Crippen LogP contribution in [0.1, 0.15) is 38.5 Å². The maximum atomic E-state index is 6.39. The SMILES string of the molecule is CN(C)C1CCN(CCC2(N)CCCC2)C1. The molecule has 0 aromatic heterocycles. The van der Waals surface area contributed by atoms with Gasteiger partial charge in [0, 0.05) is 18.1 Å². The fraction of sp³-hybridized carbons (Fsp3) is 1.00. The number of hydrogen-bond acceptors (Lipinski definition) is 3. The van der Waals surface area contributed by atoms with Gasteiger partial charge in [0.1, 0.15) is 0 Å². The Balaban J connectivity index is 1.71. The molecule has 1 saturated carbocycles. The number of likely N-dealkylation sites (tertiary alicyclic amines) is 1. The molecule has 2 fully saturated rings. The molecule has 1 atom stereocenters. The van der Waals surface area contributed by atoms with Crippen LogP contribution in [-0.2, 0) is 0 Å². The number of nitrogens with zero attached hydrogens (tertiary/aromatic N) is 2. The van der Waals surface area contributed by atoms with E-state index >= 15 is 0 Å². The molecular formula is C13H27N3. The van der Waals surface area contributed by atoms with Crippen LogP contribution in [0.2, 0.25) is 0 Å². The van der Waals surface area contributed by atoms with Crippen molar-refractivity contribution in [2.45, 2.75) is 50.1 Å². The molecule has 0 radical (unpaired) electrons. The van der Waals surface area contributed by atoms with Crippen molar-refractivity contribution in [2.24, 2.45) is 5.73 Å². The van der Waals surface area contributed by atoms with E-state index in [0.29, 0.717) is 0 Å². The van der Waals surface area contributed by atoms with E-state index in [0.717, 1.165) is 6.04 Å². The van der Waals surface area contributed by atoms with Gasteiger partial charge >= 0.3 is 0 Å². The summed E-state index contributed by atoms with van der Waals surface area (Å²) in [5.41, 5.74) is 6.57. The van der Waals surface area contributed by atoms with Crippen molar-refractivity contribution in [2.75, 3.05) is 33.7 Å². The van der Waals surface area contributed by atoms with Gasteiger partial charge in [-0.05, 0) is 52.9 Å². The molecule has 3 nitrogen and oxygen atoms in total. The molecule has 0 aromatic carbocycles. The minimum absolute atomic E-state index is 0.177. The molecule has 16 heavy (non-hydrogen) atoms. The Kier molecular flexibility index (Phi) is 3.88. The second-order valence-corrected chi connectivity index (χ2v) is 6.03. The van der Waals surface area contributed by atoms with Crippen LogP contribution in [0, 0.1) is 0 Å². The highest BCUT2D eigenvalue weighted by Crippen LogP contribution is 2.30. The lowest BCUT2D eigenvalue weighted by atomic mass is 9.94. The lowest BCUT2D eigenvalue weighted by Crippen LogP contribution is -2.40. The Hall–Kier alpha value is -0.120. The van der Waals surface area contributed by atoms with Gasteiger partial charge in [-0.3, -0.25) is 0 Å². The van der Waals surface area contributed by atoms with Crippen LogP contribution in [0.5, 0.6) is 0 Å². The predicted molar refractivity (Wildman–Crippen MR) is 68.5 cm³/mol.